The van der Waals surface area contributed by atoms with Crippen molar-refractivity contribution in [2.24, 2.45) is 0 Å². The summed E-state index contributed by atoms with van der Waals surface area (Å²) in [5, 5.41) is 2.68. The van der Waals surface area contributed by atoms with Crippen LogP contribution in [0.2, 0.25) is 0 Å². The van der Waals surface area contributed by atoms with Crippen molar-refractivity contribution in [3.05, 3.63) is 45.8 Å². The lowest BCUT2D eigenvalue weighted by Crippen LogP contribution is -2.36. The first kappa shape index (κ1) is 16.5. The van der Waals surface area contributed by atoms with E-state index in [9.17, 15) is 9.18 Å². The van der Waals surface area contributed by atoms with E-state index in [1.54, 1.807) is 6.92 Å². The van der Waals surface area contributed by atoms with Gasteiger partial charge in [-0.1, -0.05) is 0 Å². The molecule has 0 radical (unpaired) electrons. The molecule has 0 aliphatic rings. The van der Waals surface area contributed by atoms with Gasteiger partial charge in [-0.05, 0) is 54.9 Å². The Morgan fingerprint density at radius 2 is 2.23 bits per heavy atom. The van der Waals surface area contributed by atoms with Crippen molar-refractivity contribution in [3.63, 3.8) is 0 Å². The number of rotatable bonds is 5. The molecule has 1 N–H and O–H groups in total. The van der Waals surface area contributed by atoms with E-state index in [1.807, 2.05) is 13.8 Å². The standard InChI is InChI=1S/C15H16BrFN2O3/c1-8-9(2)22-14(19-8)7-18-15(20)10(3)21-13-5-4-11(17)6-12(13)16/h4-6,10H,7H2,1-3H3,(H,18,20). The van der Waals surface area contributed by atoms with Gasteiger partial charge in [0.2, 0.25) is 5.89 Å². The molecule has 0 spiro atoms. The topological polar surface area (TPSA) is 64.4 Å². The number of hydrogen-bond donors (Lipinski definition) is 1. The van der Waals surface area contributed by atoms with Gasteiger partial charge in [-0.25, -0.2) is 9.37 Å². The number of benzene rings is 1. The molecular formula is C15H16BrFN2O3. The molecule has 5 nitrogen and oxygen atoms in total. The van der Waals surface area contributed by atoms with Crippen molar-refractivity contribution in [3.8, 4) is 5.75 Å². The average molecular weight is 371 g/mol. The minimum Gasteiger partial charge on any atom is -0.480 e. The van der Waals surface area contributed by atoms with Gasteiger partial charge in [-0.2, -0.15) is 0 Å². The zero-order valence-corrected chi connectivity index (χ0v) is 14.0. The maximum Gasteiger partial charge on any atom is 0.261 e. The van der Waals surface area contributed by atoms with Gasteiger partial charge >= 0.3 is 0 Å². The second-order valence-electron chi connectivity index (χ2n) is 4.80. The minimum absolute atomic E-state index is 0.186. The summed E-state index contributed by atoms with van der Waals surface area (Å²) < 4.78 is 24.3. The molecule has 22 heavy (non-hydrogen) atoms. The Kier molecular flexibility index (Phi) is 5.18. The summed E-state index contributed by atoms with van der Waals surface area (Å²) in [6, 6.07) is 4.01. The predicted octanol–water partition coefficient (Wildman–Crippen LogP) is 3.28. The number of oxazole rings is 1. The van der Waals surface area contributed by atoms with E-state index in [0.717, 1.165) is 11.5 Å². The number of nitrogens with zero attached hydrogens (tertiary/aromatic N) is 1. The Morgan fingerprint density at radius 3 is 2.82 bits per heavy atom. The van der Waals surface area contributed by atoms with Gasteiger partial charge in [-0.15, -0.1) is 0 Å². The zero-order valence-electron chi connectivity index (χ0n) is 12.4. The Bertz CT molecular complexity index is 668. The molecule has 7 heteroatoms. The molecule has 0 aliphatic carbocycles. The van der Waals surface area contributed by atoms with Gasteiger partial charge < -0.3 is 14.5 Å². The third-order valence-electron chi connectivity index (χ3n) is 3.05. The first-order valence-corrected chi connectivity index (χ1v) is 7.48. The molecule has 1 amide bonds. The van der Waals surface area contributed by atoms with Crippen molar-refractivity contribution < 1.29 is 18.3 Å². The molecule has 1 aromatic heterocycles. The molecule has 1 heterocycles. The number of ether oxygens (including phenoxy) is 1. The Balaban J connectivity index is 1.91. The van der Waals surface area contributed by atoms with Crippen molar-refractivity contribution in [1.29, 1.82) is 0 Å². The number of carbonyl (C=O) groups excluding carboxylic acids is 1. The highest BCUT2D eigenvalue weighted by atomic mass is 79.9. The fourth-order valence-electron chi connectivity index (χ4n) is 1.74. The molecule has 118 valence electrons. The number of carbonyl (C=O) groups is 1. The number of aryl methyl sites for hydroxylation is 2. The SMILES string of the molecule is Cc1nc(CNC(=O)C(C)Oc2ccc(F)cc2Br)oc1C. The summed E-state index contributed by atoms with van der Waals surface area (Å²) in [5.74, 6) is 0.866. The van der Waals surface area contributed by atoms with E-state index in [0.29, 0.717) is 16.1 Å². The molecule has 0 saturated heterocycles. The van der Waals surface area contributed by atoms with Crippen LogP contribution in [0.1, 0.15) is 24.3 Å². The van der Waals surface area contributed by atoms with E-state index in [1.165, 1.54) is 18.2 Å². The van der Waals surface area contributed by atoms with Gasteiger partial charge in [0.05, 0.1) is 16.7 Å². The number of halogens is 2. The van der Waals surface area contributed by atoms with E-state index in [4.69, 9.17) is 9.15 Å². The van der Waals surface area contributed by atoms with Crippen LogP contribution in [0.3, 0.4) is 0 Å². The Hall–Kier alpha value is -1.89. The molecule has 0 fully saturated rings. The lowest BCUT2D eigenvalue weighted by Gasteiger charge is -2.15. The molecule has 1 unspecified atom stereocenters. The fourth-order valence-corrected chi connectivity index (χ4v) is 2.18. The van der Waals surface area contributed by atoms with Crippen LogP contribution in [-0.2, 0) is 11.3 Å². The third kappa shape index (κ3) is 4.07. The van der Waals surface area contributed by atoms with Gasteiger partial charge in [-0.3, -0.25) is 4.79 Å². The summed E-state index contributed by atoms with van der Waals surface area (Å²) in [7, 11) is 0. The van der Waals surface area contributed by atoms with Crippen LogP contribution < -0.4 is 10.1 Å². The van der Waals surface area contributed by atoms with Crippen molar-refractivity contribution in [2.75, 3.05) is 0 Å². The smallest absolute Gasteiger partial charge is 0.261 e. The maximum absolute atomic E-state index is 13.0. The summed E-state index contributed by atoms with van der Waals surface area (Å²) in [6.07, 6.45) is -0.737. The van der Waals surface area contributed by atoms with Gasteiger partial charge in [0.1, 0.15) is 17.3 Å². The van der Waals surface area contributed by atoms with Gasteiger partial charge in [0.15, 0.2) is 6.10 Å². The van der Waals surface area contributed by atoms with Gasteiger partial charge in [0, 0.05) is 0 Å². The summed E-state index contributed by atoms with van der Waals surface area (Å²) in [4.78, 5) is 16.2. The van der Waals surface area contributed by atoms with Crippen LogP contribution in [-0.4, -0.2) is 17.0 Å². The number of hydrogen-bond acceptors (Lipinski definition) is 4. The van der Waals surface area contributed by atoms with E-state index in [2.05, 4.69) is 26.2 Å². The average Bonchev–Trinajstić information content (AvgIpc) is 2.78. The molecular weight excluding hydrogens is 355 g/mol. The van der Waals surface area contributed by atoms with Crippen molar-refractivity contribution >= 4 is 21.8 Å². The minimum atomic E-state index is -0.737. The fraction of sp³-hybridized carbons (Fsp3) is 0.333. The molecule has 0 saturated carbocycles. The highest BCUT2D eigenvalue weighted by Crippen LogP contribution is 2.26. The second kappa shape index (κ2) is 6.91. The molecule has 2 aromatic rings. The highest BCUT2D eigenvalue weighted by molar-refractivity contribution is 9.10. The van der Waals surface area contributed by atoms with E-state index in [-0.39, 0.29) is 18.3 Å². The number of nitrogens with one attached hydrogen (secondary N) is 1. The van der Waals surface area contributed by atoms with Crippen molar-refractivity contribution in [2.45, 2.75) is 33.4 Å². The first-order chi connectivity index (χ1) is 10.4. The third-order valence-corrected chi connectivity index (χ3v) is 3.67. The predicted molar refractivity (Wildman–Crippen MR) is 82.0 cm³/mol. The van der Waals surface area contributed by atoms with Crippen LogP contribution in [0.5, 0.6) is 5.75 Å². The number of amides is 1. The second-order valence-corrected chi connectivity index (χ2v) is 5.66. The Morgan fingerprint density at radius 1 is 1.50 bits per heavy atom. The summed E-state index contributed by atoms with van der Waals surface area (Å²) in [5.41, 5.74) is 0.795. The molecule has 0 bridgehead atoms. The lowest BCUT2D eigenvalue weighted by molar-refractivity contribution is -0.127. The molecule has 1 aromatic carbocycles. The van der Waals surface area contributed by atoms with Crippen LogP contribution >= 0.6 is 15.9 Å². The molecule has 1 atom stereocenters. The summed E-state index contributed by atoms with van der Waals surface area (Å²) >= 11 is 3.19. The monoisotopic (exact) mass is 370 g/mol. The zero-order chi connectivity index (χ0) is 16.3. The van der Waals surface area contributed by atoms with Crippen LogP contribution in [0.15, 0.2) is 27.1 Å². The molecule has 0 aliphatic heterocycles. The quantitative estimate of drug-likeness (QED) is 0.876. The van der Waals surface area contributed by atoms with Crippen molar-refractivity contribution in [1.82, 2.24) is 10.3 Å². The highest BCUT2D eigenvalue weighted by Gasteiger charge is 2.17. The largest absolute Gasteiger partial charge is 0.480 e. The first-order valence-electron chi connectivity index (χ1n) is 6.69. The van der Waals surface area contributed by atoms with E-state index < -0.39 is 6.10 Å². The van der Waals surface area contributed by atoms with Crippen LogP contribution in [0.25, 0.3) is 0 Å². The Labute approximate surface area is 136 Å². The number of aromatic nitrogens is 1. The van der Waals surface area contributed by atoms with Gasteiger partial charge in [0.25, 0.3) is 5.91 Å². The molecule has 2 rings (SSSR count). The van der Waals surface area contributed by atoms with Crippen LogP contribution in [0.4, 0.5) is 4.39 Å². The van der Waals surface area contributed by atoms with E-state index >= 15 is 0 Å². The normalized spacial score (nSPS) is 12.0. The summed E-state index contributed by atoms with van der Waals surface area (Å²) in [6.45, 7) is 5.44. The van der Waals surface area contributed by atoms with Crippen LogP contribution in [0, 0.1) is 19.7 Å². The maximum atomic E-state index is 13.0. The lowest BCUT2D eigenvalue weighted by atomic mass is 10.3.